The van der Waals surface area contributed by atoms with Crippen LogP contribution in [0.25, 0.3) is 0 Å². The molecule has 0 aliphatic rings. The molecule has 0 saturated carbocycles. The molecule has 0 fully saturated rings. The number of azo groups is 1. The molecule has 1 heterocycles. The summed E-state index contributed by atoms with van der Waals surface area (Å²) in [5, 5.41) is 30.0. The molecule has 0 bridgehead atoms. The molecule has 29 heavy (non-hydrogen) atoms. The van der Waals surface area contributed by atoms with Gasteiger partial charge in [0, 0.05) is 5.69 Å². The van der Waals surface area contributed by atoms with E-state index in [9.17, 15) is 14.7 Å². The molecule has 0 radical (unpaired) electrons. The largest absolute Gasteiger partial charge is 0.492 e. The van der Waals surface area contributed by atoms with Gasteiger partial charge < -0.3 is 15.5 Å². The smallest absolute Gasteiger partial charge is 0.335 e. The molecule has 1 atom stereocenters. The molecule has 1 unspecified atom stereocenters. The van der Waals surface area contributed by atoms with Gasteiger partial charge in [0.2, 0.25) is 16.9 Å². The van der Waals surface area contributed by atoms with Crippen molar-refractivity contribution in [2.45, 2.75) is 19.4 Å². The Labute approximate surface area is 170 Å². The number of hydrogen-bond donors (Lipinski definition) is 3. The number of carboxylic acid groups (broad SMARTS) is 1. The van der Waals surface area contributed by atoms with Gasteiger partial charge in [-0.05, 0) is 36.8 Å². The van der Waals surface area contributed by atoms with E-state index in [0.717, 1.165) is 16.9 Å². The number of carbonyl (C=O) groups is 2. The van der Waals surface area contributed by atoms with E-state index in [1.54, 1.807) is 0 Å². The third kappa shape index (κ3) is 5.45. The summed E-state index contributed by atoms with van der Waals surface area (Å²) < 4.78 is 0. The summed E-state index contributed by atoms with van der Waals surface area (Å²) in [5.41, 5.74) is 1.59. The normalized spacial score (nSPS) is 12.0. The molecular formula is C20H18N4O4S. The van der Waals surface area contributed by atoms with Gasteiger partial charge in [0.1, 0.15) is 0 Å². The van der Waals surface area contributed by atoms with Crippen LogP contribution in [0.3, 0.4) is 0 Å². The Morgan fingerprint density at radius 2 is 1.83 bits per heavy atom. The Morgan fingerprint density at radius 1 is 1.14 bits per heavy atom. The van der Waals surface area contributed by atoms with Crippen molar-refractivity contribution in [1.29, 1.82) is 0 Å². The van der Waals surface area contributed by atoms with E-state index < -0.39 is 5.97 Å². The minimum absolute atomic E-state index is 0.0893. The van der Waals surface area contributed by atoms with Gasteiger partial charge in [0.15, 0.2) is 0 Å². The fourth-order valence-electron chi connectivity index (χ4n) is 2.47. The highest BCUT2D eigenvalue weighted by molar-refractivity contribution is 7.15. The number of thiazole rings is 1. The van der Waals surface area contributed by atoms with E-state index in [0.29, 0.717) is 10.6 Å². The number of benzene rings is 2. The maximum Gasteiger partial charge on any atom is 0.335 e. The zero-order valence-corrected chi connectivity index (χ0v) is 16.3. The third-order valence-electron chi connectivity index (χ3n) is 4.00. The van der Waals surface area contributed by atoms with E-state index in [2.05, 4.69) is 20.5 Å². The molecule has 3 N–H and O–H groups in total. The second-order valence-corrected chi connectivity index (χ2v) is 7.21. The van der Waals surface area contributed by atoms with Crippen LogP contribution in [0.2, 0.25) is 0 Å². The number of anilines is 1. The molecular weight excluding hydrogens is 392 g/mol. The summed E-state index contributed by atoms with van der Waals surface area (Å²) in [7, 11) is 0. The summed E-state index contributed by atoms with van der Waals surface area (Å²) in [6.07, 6.45) is -0.0893. The Morgan fingerprint density at radius 3 is 2.48 bits per heavy atom. The number of aromatic hydroxyl groups is 1. The van der Waals surface area contributed by atoms with E-state index in [4.69, 9.17) is 5.11 Å². The Balaban J connectivity index is 1.61. The van der Waals surface area contributed by atoms with Crippen LogP contribution in [0.5, 0.6) is 5.88 Å². The SMILES string of the molecule is CC(N=Nc1nc(O)c(CC(=O)Nc2ccc(C(=O)O)cc2)s1)c1ccccc1. The molecule has 0 spiro atoms. The Bertz CT molecular complexity index is 1030. The van der Waals surface area contributed by atoms with Crippen LogP contribution >= 0.6 is 11.3 Å². The highest BCUT2D eigenvalue weighted by atomic mass is 32.1. The number of nitrogens with zero attached hydrogens (tertiary/aromatic N) is 3. The minimum Gasteiger partial charge on any atom is -0.492 e. The van der Waals surface area contributed by atoms with Gasteiger partial charge in [-0.25, -0.2) is 4.79 Å². The quantitative estimate of drug-likeness (QED) is 0.492. The molecule has 148 valence electrons. The van der Waals surface area contributed by atoms with E-state index >= 15 is 0 Å². The van der Waals surface area contributed by atoms with Gasteiger partial charge in [0.05, 0.1) is 22.9 Å². The van der Waals surface area contributed by atoms with Crippen LogP contribution in [-0.4, -0.2) is 27.1 Å². The molecule has 8 nitrogen and oxygen atoms in total. The van der Waals surface area contributed by atoms with Crippen molar-refractivity contribution in [3.8, 4) is 5.88 Å². The number of rotatable bonds is 7. The first-order valence-electron chi connectivity index (χ1n) is 8.70. The molecule has 0 aliphatic carbocycles. The average Bonchev–Trinajstić information content (AvgIpc) is 3.06. The highest BCUT2D eigenvalue weighted by Gasteiger charge is 2.15. The topological polar surface area (TPSA) is 124 Å². The number of hydrogen-bond acceptors (Lipinski definition) is 7. The maximum atomic E-state index is 12.2. The van der Waals surface area contributed by atoms with Gasteiger partial charge in [-0.15, -0.1) is 5.11 Å². The summed E-state index contributed by atoms with van der Waals surface area (Å²) in [6, 6.07) is 15.3. The lowest BCUT2D eigenvalue weighted by Crippen LogP contribution is -2.13. The molecule has 0 saturated heterocycles. The number of amides is 1. The van der Waals surface area contributed by atoms with Crippen LogP contribution < -0.4 is 5.32 Å². The van der Waals surface area contributed by atoms with Gasteiger partial charge in [-0.3, -0.25) is 4.79 Å². The van der Waals surface area contributed by atoms with Crippen LogP contribution in [-0.2, 0) is 11.2 Å². The van der Waals surface area contributed by atoms with Crippen molar-refractivity contribution >= 4 is 34.0 Å². The lowest BCUT2D eigenvalue weighted by Gasteiger charge is -2.04. The van der Waals surface area contributed by atoms with Crippen LogP contribution in [0.1, 0.15) is 33.8 Å². The summed E-state index contributed by atoms with van der Waals surface area (Å²) in [4.78, 5) is 27.4. The predicted octanol–water partition coefficient (Wildman–Crippen LogP) is 4.57. The third-order valence-corrected chi connectivity index (χ3v) is 4.93. The summed E-state index contributed by atoms with van der Waals surface area (Å²) in [6.45, 7) is 1.90. The monoisotopic (exact) mass is 410 g/mol. The predicted molar refractivity (Wildman–Crippen MR) is 109 cm³/mol. The van der Waals surface area contributed by atoms with Crippen LogP contribution in [0.4, 0.5) is 10.8 Å². The van der Waals surface area contributed by atoms with Crippen LogP contribution in [0.15, 0.2) is 64.8 Å². The number of carbonyl (C=O) groups excluding carboxylic acids is 1. The van der Waals surface area contributed by atoms with E-state index in [-0.39, 0.29) is 34.9 Å². The second-order valence-electron chi connectivity index (χ2n) is 6.15. The van der Waals surface area contributed by atoms with Gasteiger partial charge >= 0.3 is 5.97 Å². The standard InChI is InChI=1S/C20H18N4O4S/c1-12(13-5-3-2-4-6-13)23-24-20-22-18(26)16(29-20)11-17(25)21-15-9-7-14(8-10-15)19(27)28/h2-10,12,26H,11H2,1H3,(H,21,25)(H,27,28). The summed E-state index contributed by atoms with van der Waals surface area (Å²) in [5.74, 6) is -1.67. The Hall–Kier alpha value is -3.59. The van der Waals surface area contributed by atoms with Crippen molar-refractivity contribution in [2.75, 3.05) is 5.32 Å². The van der Waals surface area contributed by atoms with Crippen molar-refractivity contribution in [2.24, 2.45) is 10.2 Å². The molecule has 9 heteroatoms. The fourth-order valence-corrected chi connectivity index (χ4v) is 3.25. The number of carboxylic acids is 1. The molecule has 1 aromatic heterocycles. The summed E-state index contributed by atoms with van der Waals surface area (Å²) >= 11 is 1.08. The maximum absolute atomic E-state index is 12.2. The van der Waals surface area contributed by atoms with Gasteiger partial charge in [0.25, 0.3) is 0 Å². The van der Waals surface area contributed by atoms with E-state index in [1.165, 1.54) is 24.3 Å². The second kappa shape index (κ2) is 9.07. The lowest BCUT2D eigenvalue weighted by atomic mass is 10.1. The minimum atomic E-state index is -1.04. The van der Waals surface area contributed by atoms with Crippen molar-refractivity contribution in [3.05, 3.63) is 70.6 Å². The lowest BCUT2D eigenvalue weighted by molar-refractivity contribution is -0.115. The number of aromatic nitrogens is 1. The molecule has 2 aromatic carbocycles. The first-order chi connectivity index (χ1) is 13.9. The zero-order valence-electron chi connectivity index (χ0n) is 15.4. The zero-order chi connectivity index (χ0) is 20.8. The fraction of sp³-hybridized carbons (Fsp3) is 0.150. The Kier molecular flexibility index (Phi) is 6.30. The van der Waals surface area contributed by atoms with Crippen LogP contribution in [0, 0.1) is 0 Å². The molecule has 3 rings (SSSR count). The number of nitrogens with one attached hydrogen (secondary N) is 1. The molecule has 3 aromatic rings. The molecule has 1 amide bonds. The molecule has 0 aliphatic heterocycles. The first-order valence-corrected chi connectivity index (χ1v) is 9.51. The van der Waals surface area contributed by atoms with E-state index in [1.807, 2.05) is 37.3 Å². The van der Waals surface area contributed by atoms with Crippen molar-refractivity contribution in [1.82, 2.24) is 4.98 Å². The highest BCUT2D eigenvalue weighted by Crippen LogP contribution is 2.32. The number of aromatic carboxylic acids is 1. The first kappa shape index (κ1) is 20.2. The van der Waals surface area contributed by atoms with Crippen molar-refractivity contribution < 1.29 is 19.8 Å². The van der Waals surface area contributed by atoms with Gasteiger partial charge in [-0.1, -0.05) is 41.7 Å². The van der Waals surface area contributed by atoms with Crippen molar-refractivity contribution in [3.63, 3.8) is 0 Å². The van der Waals surface area contributed by atoms with Gasteiger partial charge in [-0.2, -0.15) is 10.1 Å². The average molecular weight is 410 g/mol.